The van der Waals surface area contributed by atoms with Crippen molar-refractivity contribution in [2.75, 3.05) is 38.4 Å². The van der Waals surface area contributed by atoms with Crippen LogP contribution < -0.4 is 5.32 Å². The van der Waals surface area contributed by atoms with Gasteiger partial charge in [0.1, 0.15) is 0 Å². The maximum atomic E-state index is 12.2. The molecular formula is C11H20N2O2S. The Balaban J connectivity index is 1.85. The molecule has 92 valence electrons. The fraction of sp³-hybridized carbons (Fsp3) is 0.909. The Morgan fingerprint density at radius 3 is 3.19 bits per heavy atom. The van der Waals surface area contributed by atoms with Gasteiger partial charge in [0.15, 0.2) is 0 Å². The van der Waals surface area contributed by atoms with Gasteiger partial charge in [-0.05, 0) is 18.8 Å². The van der Waals surface area contributed by atoms with Crippen molar-refractivity contribution in [3.63, 3.8) is 0 Å². The Hall–Kier alpha value is -0.260. The van der Waals surface area contributed by atoms with Crippen LogP contribution in [0.5, 0.6) is 0 Å². The summed E-state index contributed by atoms with van der Waals surface area (Å²) < 4.78 is 5.18. The third-order valence-corrected chi connectivity index (χ3v) is 4.19. The number of amides is 1. The van der Waals surface area contributed by atoms with Gasteiger partial charge < -0.3 is 9.64 Å². The maximum absolute atomic E-state index is 12.2. The van der Waals surface area contributed by atoms with E-state index < -0.39 is 0 Å². The number of carbonyl (C=O) groups excluding carboxylic acids is 1. The highest BCUT2D eigenvalue weighted by molar-refractivity contribution is 7.99. The summed E-state index contributed by atoms with van der Waals surface area (Å²) in [6.45, 7) is 2.56. The molecule has 2 unspecified atom stereocenters. The molecular weight excluding hydrogens is 224 g/mol. The molecule has 0 radical (unpaired) electrons. The number of likely N-dealkylation sites (tertiary alicyclic amines) is 1. The minimum Gasteiger partial charge on any atom is -0.384 e. The summed E-state index contributed by atoms with van der Waals surface area (Å²) in [4.78, 5) is 14.2. The molecule has 0 spiro atoms. The van der Waals surface area contributed by atoms with Crippen molar-refractivity contribution >= 4 is 17.7 Å². The molecule has 0 aromatic heterocycles. The Morgan fingerprint density at radius 1 is 1.62 bits per heavy atom. The predicted molar refractivity (Wildman–Crippen MR) is 65.4 cm³/mol. The largest absolute Gasteiger partial charge is 0.384 e. The fourth-order valence-corrected chi connectivity index (χ4v) is 3.34. The first kappa shape index (κ1) is 12.2. The zero-order chi connectivity index (χ0) is 11.4. The monoisotopic (exact) mass is 244 g/mol. The summed E-state index contributed by atoms with van der Waals surface area (Å²) in [6.07, 6.45) is 2.30. The van der Waals surface area contributed by atoms with Crippen LogP contribution in [0.15, 0.2) is 0 Å². The number of hydrogen-bond acceptors (Lipinski definition) is 4. The van der Waals surface area contributed by atoms with Crippen LogP contribution in [-0.2, 0) is 9.53 Å². The van der Waals surface area contributed by atoms with Crippen molar-refractivity contribution in [2.45, 2.75) is 18.9 Å². The van der Waals surface area contributed by atoms with Crippen LogP contribution in [0.3, 0.4) is 0 Å². The first-order chi connectivity index (χ1) is 7.81. The number of nitrogens with zero attached hydrogens (tertiary/aromatic N) is 1. The van der Waals surface area contributed by atoms with Gasteiger partial charge in [-0.3, -0.25) is 10.1 Å². The van der Waals surface area contributed by atoms with Crippen molar-refractivity contribution in [1.82, 2.24) is 10.2 Å². The molecule has 2 heterocycles. The van der Waals surface area contributed by atoms with Crippen molar-refractivity contribution in [3.8, 4) is 0 Å². The molecule has 2 aliphatic rings. The molecule has 1 N–H and O–H groups in total. The molecule has 0 saturated carbocycles. The molecule has 0 aromatic carbocycles. The lowest BCUT2D eigenvalue weighted by atomic mass is 9.98. The molecule has 0 bridgehead atoms. The van der Waals surface area contributed by atoms with Crippen LogP contribution in [0.2, 0.25) is 0 Å². The molecule has 4 nitrogen and oxygen atoms in total. The van der Waals surface area contributed by atoms with Gasteiger partial charge in [0.25, 0.3) is 0 Å². The molecule has 0 aromatic rings. The summed E-state index contributed by atoms with van der Waals surface area (Å²) in [5, 5.41) is 3.24. The molecule has 1 amide bonds. The highest BCUT2D eigenvalue weighted by Gasteiger charge is 2.30. The molecule has 2 atom stereocenters. The molecule has 2 rings (SSSR count). The second-order valence-corrected chi connectivity index (χ2v) is 5.55. The Bertz CT molecular complexity index is 242. The lowest BCUT2D eigenvalue weighted by Gasteiger charge is -2.33. The van der Waals surface area contributed by atoms with Crippen LogP contribution in [0, 0.1) is 5.92 Å². The summed E-state index contributed by atoms with van der Waals surface area (Å²) in [5.74, 6) is 2.64. The number of rotatable bonds is 3. The highest BCUT2D eigenvalue weighted by Crippen LogP contribution is 2.19. The molecule has 0 aliphatic carbocycles. The van der Waals surface area contributed by atoms with E-state index in [1.165, 1.54) is 6.42 Å². The number of carbonyl (C=O) groups is 1. The molecule has 5 heteroatoms. The Morgan fingerprint density at radius 2 is 2.50 bits per heavy atom. The lowest BCUT2D eigenvalue weighted by Crippen LogP contribution is -2.49. The first-order valence-electron chi connectivity index (χ1n) is 5.90. The number of thioether (sulfide) groups is 1. The summed E-state index contributed by atoms with van der Waals surface area (Å²) in [6, 6.07) is 0.0475. The number of methoxy groups -OCH3 is 1. The molecule has 16 heavy (non-hydrogen) atoms. The van der Waals surface area contributed by atoms with Gasteiger partial charge in [-0.25, -0.2) is 0 Å². The van der Waals surface area contributed by atoms with E-state index in [0.29, 0.717) is 5.92 Å². The second-order valence-electron chi connectivity index (χ2n) is 4.52. The second kappa shape index (κ2) is 5.89. The quantitative estimate of drug-likeness (QED) is 0.786. The van der Waals surface area contributed by atoms with Crippen molar-refractivity contribution in [3.05, 3.63) is 0 Å². The van der Waals surface area contributed by atoms with Crippen molar-refractivity contribution < 1.29 is 9.53 Å². The normalized spacial score (nSPS) is 30.7. The Kier molecular flexibility index (Phi) is 4.49. The van der Waals surface area contributed by atoms with Crippen molar-refractivity contribution in [1.29, 1.82) is 0 Å². The van der Waals surface area contributed by atoms with Crippen LogP contribution >= 0.6 is 11.8 Å². The van der Waals surface area contributed by atoms with Crippen LogP contribution in [0.4, 0.5) is 0 Å². The number of ether oxygens (including phenoxy) is 1. The van der Waals surface area contributed by atoms with E-state index in [4.69, 9.17) is 4.74 Å². The van der Waals surface area contributed by atoms with Gasteiger partial charge in [0.2, 0.25) is 5.91 Å². The standard InChI is InChI=1S/C11H20N2O2S/c1-15-6-9-3-2-4-13(5-9)11(14)10-7-16-8-12-10/h9-10,12H,2-8H2,1H3. The van der Waals surface area contributed by atoms with Gasteiger partial charge in [-0.1, -0.05) is 0 Å². The Labute approximate surface area is 101 Å². The summed E-state index contributed by atoms with van der Waals surface area (Å²) in [7, 11) is 1.73. The number of hydrogen-bond donors (Lipinski definition) is 1. The SMILES string of the molecule is COCC1CCCN(C(=O)C2CSCN2)C1. The van der Waals surface area contributed by atoms with E-state index in [9.17, 15) is 4.79 Å². The molecule has 2 fully saturated rings. The molecule has 2 saturated heterocycles. The van der Waals surface area contributed by atoms with Crippen LogP contribution in [-0.4, -0.2) is 55.3 Å². The minimum atomic E-state index is 0.0475. The number of piperidine rings is 1. The van der Waals surface area contributed by atoms with Gasteiger partial charge in [0.05, 0.1) is 12.6 Å². The van der Waals surface area contributed by atoms with E-state index in [1.54, 1.807) is 18.9 Å². The zero-order valence-electron chi connectivity index (χ0n) is 9.78. The fourth-order valence-electron chi connectivity index (χ4n) is 2.41. The first-order valence-corrected chi connectivity index (χ1v) is 7.05. The van der Waals surface area contributed by atoms with Crippen LogP contribution in [0.25, 0.3) is 0 Å². The average Bonchev–Trinajstić information content (AvgIpc) is 2.82. The van der Waals surface area contributed by atoms with E-state index >= 15 is 0 Å². The summed E-state index contributed by atoms with van der Waals surface area (Å²) >= 11 is 1.80. The number of nitrogens with one attached hydrogen (secondary N) is 1. The molecule has 2 aliphatic heterocycles. The highest BCUT2D eigenvalue weighted by atomic mass is 32.2. The van der Waals surface area contributed by atoms with E-state index in [0.717, 1.165) is 37.7 Å². The third kappa shape index (κ3) is 2.90. The van der Waals surface area contributed by atoms with Gasteiger partial charge in [-0.15, -0.1) is 11.8 Å². The van der Waals surface area contributed by atoms with E-state index in [1.807, 2.05) is 4.90 Å². The zero-order valence-corrected chi connectivity index (χ0v) is 10.6. The van der Waals surface area contributed by atoms with Gasteiger partial charge >= 0.3 is 0 Å². The lowest BCUT2D eigenvalue weighted by molar-refractivity contribution is -0.134. The van der Waals surface area contributed by atoms with Gasteiger partial charge in [0, 0.05) is 31.8 Å². The summed E-state index contributed by atoms with van der Waals surface area (Å²) in [5.41, 5.74) is 0. The van der Waals surface area contributed by atoms with E-state index in [2.05, 4.69) is 5.32 Å². The predicted octanol–water partition coefficient (Wildman–Crippen LogP) is 0.534. The maximum Gasteiger partial charge on any atom is 0.240 e. The van der Waals surface area contributed by atoms with Crippen LogP contribution in [0.1, 0.15) is 12.8 Å². The average molecular weight is 244 g/mol. The smallest absolute Gasteiger partial charge is 0.240 e. The van der Waals surface area contributed by atoms with Gasteiger partial charge in [-0.2, -0.15) is 0 Å². The minimum absolute atomic E-state index is 0.0475. The third-order valence-electron chi connectivity index (χ3n) is 3.25. The van der Waals surface area contributed by atoms with E-state index in [-0.39, 0.29) is 11.9 Å². The topological polar surface area (TPSA) is 41.6 Å². The van der Waals surface area contributed by atoms with Crippen molar-refractivity contribution in [2.24, 2.45) is 5.92 Å².